The lowest BCUT2D eigenvalue weighted by Crippen LogP contribution is -1.98. The number of nitrogens with one attached hydrogen (secondary N) is 1. The fourth-order valence-electron chi connectivity index (χ4n) is 1.58. The molecule has 2 aromatic carbocycles. The first kappa shape index (κ1) is 12.7. The van der Waals surface area contributed by atoms with Crippen molar-refractivity contribution in [3.05, 3.63) is 48.5 Å². The summed E-state index contributed by atoms with van der Waals surface area (Å²) in [6, 6.07) is 16.8. The van der Waals surface area contributed by atoms with Crippen molar-refractivity contribution in [1.29, 1.82) is 0 Å². The van der Waals surface area contributed by atoms with Crippen LogP contribution < -0.4 is 11.5 Å². The molecule has 1 heterocycles. The molecule has 1 aliphatic heterocycles. The summed E-state index contributed by atoms with van der Waals surface area (Å²) in [4.78, 5) is 2.59. The monoisotopic (exact) mass is 230 g/mol. The lowest BCUT2D eigenvalue weighted by molar-refractivity contribution is 1.32. The number of rotatable bonds is 0. The Morgan fingerprint density at radius 3 is 1.69 bits per heavy atom. The van der Waals surface area contributed by atoms with Crippen LogP contribution in [0.4, 0.5) is 11.4 Å². The van der Waals surface area contributed by atoms with E-state index in [1.807, 2.05) is 11.8 Å². The first-order valence-corrected chi connectivity index (χ1v) is 5.38. The van der Waals surface area contributed by atoms with Gasteiger partial charge in [0.25, 0.3) is 0 Å². The molecule has 0 aliphatic carbocycles. The zero-order valence-electron chi connectivity index (χ0n) is 8.23. The summed E-state index contributed by atoms with van der Waals surface area (Å²) < 4.78 is 0. The van der Waals surface area contributed by atoms with E-state index in [9.17, 15) is 0 Å². The Morgan fingerprint density at radius 2 is 1.19 bits per heavy atom. The zero-order chi connectivity index (χ0) is 9.38. The van der Waals surface area contributed by atoms with Crippen LogP contribution in [-0.2, 0) is 0 Å². The number of fused-ring (bicyclic) bond motifs is 2. The number of hydrogen-bond acceptors (Lipinski definition) is 3. The van der Waals surface area contributed by atoms with Crippen LogP contribution in [0, 0.1) is 0 Å². The standard InChI is InChI=1S/C12H9NS.BH3.H3N/c1-3-7-11-9(5-1)13-10-6-2-4-8-12(10)14-11;;/h1-8,13H;2*1H3. The van der Waals surface area contributed by atoms with Gasteiger partial charge in [-0.2, -0.15) is 0 Å². The van der Waals surface area contributed by atoms with Gasteiger partial charge >= 0.3 is 0 Å². The van der Waals surface area contributed by atoms with Crippen molar-refractivity contribution >= 4 is 31.5 Å². The summed E-state index contributed by atoms with van der Waals surface area (Å²) in [5.41, 5.74) is 2.41. The van der Waals surface area contributed by atoms with E-state index in [4.69, 9.17) is 0 Å². The van der Waals surface area contributed by atoms with E-state index in [-0.39, 0.29) is 14.6 Å². The Balaban J connectivity index is 0.000000640. The van der Waals surface area contributed by atoms with Gasteiger partial charge in [0.1, 0.15) is 0 Å². The molecule has 4 N–H and O–H groups in total. The molecule has 16 heavy (non-hydrogen) atoms. The van der Waals surface area contributed by atoms with Crippen molar-refractivity contribution < 1.29 is 0 Å². The largest absolute Gasteiger partial charge is 0.354 e. The highest BCUT2D eigenvalue weighted by atomic mass is 32.2. The van der Waals surface area contributed by atoms with Crippen molar-refractivity contribution in [2.24, 2.45) is 0 Å². The second-order valence-corrected chi connectivity index (χ2v) is 4.30. The molecule has 0 atom stereocenters. The smallest absolute Gasteiger partial charge is 0.0814 e. The van der Waals surface area contributed by atoms with Gasteiger partial charge < -0.3 is 11.5 Å². The molecule has 0 radical (unpaired) electrons. The van der Waals surface area contributed by atoms with Gasteiger partial charge in [0, 0.05) is 9.79 Å². The third-order valence-corrected chi connectivity index (χ3v) is 3.42. The quantitative estimate of drug-likeness (QED) is 0.584. The molecule has 0 saturated heterocycles. The molecule has 3 rings (SSSR count). The molecular formula is C12H15BN2S. The van der Waals surface area contributed by atoms with E-state index in [1.54, 1.807) is 0 Å². The van der Waals surface area contributed by atoms with Gasteiger partial charge in [-0.1, -0.05) is 36.0 Å². The minimum absolute atomic E-state index is 0. The van der Waals surface area contributed by atoms with E-state index >= 15 is 0 Å². The Hall–Kier alpha value is -1.39. The Bertz CT molecular complexity index is 400. The summed E-state index contributed by atoms with van der Waals surface area (Å²) >= 11 is 1.82. The topological polar surface area (TPSA) is 47.0 Å². The molecule has 0 spiro atoms. The maximum absolute atomic E-state index is 3.42. The van der Waals surface area contributed by atoms with Crippen molar-refractivity contribution in [2.45, 2.75) is 9.79 Å². The van der Waals surface area contributed by atoms with E-state index in [2.05, 4.69) is 53.8 Å². The third kappa shape index (κ3) is 2.08. The maximum Gasteiger partial charge on any atom is 0.0814 e. The van der Waals surface area contributed by atoms with Crippen LogP contribution in [0.1, 0.15) is 0 Å². The molecule has 1 aliphatic rings. The number of hydrogen-bond donors (Lipinski definition) is 2. The number of para-hydroxylation sites is 2. The van der Waals surface area contributed by atoms with Crippen molar-refractivity contribution in [1.82, 2.24) is 6.15 Å². The van der Waals surface area contributed by atoms with Gasteiger partial charge in [-0.05, 0) is 24.3 Å². The highest BCUT2D eigenvalue weighted by Gasteiger charge is 2.13. The van der Waals surface area contributed by atoms with Gasteiger partial charge in [0.2, 0.25) is 0 Å². The first-order valence-electron chi connectivity index (χ1n) is 4.56. The van der Waals surface area contributed by atoms with E-state index in [0.717, 1.165) is 0 Å². The maximum atomic E-state index is 3.42. The molecule has 4 heteroatoms. The van der Waals surface area contributed by atoms with Gasteiger partial charge in [-0.3, -0.25) is 0 Å². The molecule has 0 saturated carbocycles. The van der Waals surface area contributed by atoms with E-state index in [0.29, 0.717) is 0 Å². The second-order valence-electron chi connectivity index (χ2n) is 3.22. The SMILES string of the molecule is B.N.c1ccc2c(c1)Nc1ccccc1S2. The summed E-state index contributed by atoms with van der Waals surface area (Å²) in [6.45, 7) is 0. The van der Waals surface area contributed by atoms with Crippen molar-refractivity contribution in [3.63, 3.8) is 0 Å². The minimum atomic E-state index is 0. The summed E-state index contributed by atoms with van der Waals surface area (Å²) in [5, 5.41) is 3.42. The third-order valence-electron chi connectivity index (χ3n) is 2.26. The molecule has 0 unspecified atom stereocenters. The highest BCUT2D eigenvalue weighted by molar-refractivity contribution is 7.99. The molecule has 0 aromatic heterocycles. The van der Waals surface area contributed by atoms with Crippen LogP contribution in [0.15, 0.2) is 58.3 Å². The Labute approximate surface area is 102 Å². The molecule has 0 bridgehead atoms. The lowest BCUT2D eigenvalue weighted by atomic mass is 10.2. The summed E-state index contributed by atoms with van der Waals surface area (Å²) in [5.74, 6) is 0. The van der Waals surface area contributed by atoms with Crippen LogP contribution in [0.25, 0.3) is 0 Å². The highest BCUT2D eigenvalue weighted by Crippen LogP contribution is 2.43. The predicted molar refractivity (Wildman–Crippen MR) is 75.3 cm³/mol. The van der Waals surface area contributed by atoms with E-state index in [1.165, 1.54) is 21.2 Å². The number of anilines is 2. The predicted octanol–water partition coefficient (Wildman–Crippen LogP) is 2.87. The van der Waals surface area contributed by atoms with Gasteiger partial charge in [-0.15, -0.1) is 0 Å². The van der Waals surface area contributed by atoms with Gasteiger partial charge in [0.15, 0.2) is 0 Å². The van der Waals surface area contributed by atoms with Crippen molar-refractivity contribution in [2.75, 3.05) is 5.32 Å². The van der Waals surface area contributed by atoms with Crippen LogP contribution in [0.2, 0.25) is 0 Å². The zero-order valence-corrected chi connectivity index (χ0v) is 9.05. The molecule has 0 amide bonds. The molecule has 2 nitrogen and oxygen atoms in total. The normalized spacial score (nSPS) is 11.0. The van der Waals surface area contributed by atoms with Crippen LogP contribution in [-0.4, -0.2) is 8.41 Å². The van der Waals surface area contributed by atoms with E-state index < -0.39 is 0 Å². The Kier molecular flexibility index (Phi) is 4.04. The molecule has 82 valence electrons. The minimum Gasteiger partial charge on any atom is -0.354 e. The van der Waals surface area contributed by atoms with Crippen LogP contribution in [0.5, 0.6) is 0 Å². The molecule has 0 fully saturated rings. The summed E-state index contributed by atoms with van der Waals surface area (Å²) in [6.07, 6.45) is 0. The van der Waals surface area contributed by atoms with Gasteiger partial charge in [-0.25, -0.2) is 0 Å². The Morgan fingerprint density at radius 1 is 0.750 bits per heavy atom. The summed E-state index contributed by atoms with van der Waals surface area (Å²) in [7, 11) is 0. The molecule has 2 aromatic rings. The average molecular weight is 230 g/mol. The number of benzene rings is 2. The van der Waals surface area contributed by atoms with Crippen LogP contribution >= 0.6 is 11.8 Å². The van der Waals surface area contributed by atoms with Gasteiger partial charge in [0.05, 0.1) is 19.8 Å². The lowest BCUT2D eigenvalue weighted by Gasteiger charge is -2.19. The second kappa shape index (κ2) is 5.10. The fraction of sp³-hybridized carbons (Fsp3) is 0. The first-order chi connectivity index (χ1) is 6.93. The average Bonchev–Trinajstić information content (AvgIpc) is 2.26. The van der Waals surface area contributed by atoms with Crippen molar-refractivity contribution in [3.8, 4) is 0 Å². The molecular weight excluding hydrogens is 215 g/mol. The van der Waals surface area contributed by atoms with Crippen LogP contribution in [0.3, 0.4) is 0 Å². The fourth-order valence-corrected chi connectivity index (χ4v) is 2.57.